The minimum Gasteiger partial charge on any atom is -0.423 e. The van der Waals surface area contributed by atoms with E-state index in [0.717, 1.165) is 17.2 Å². The van der Waals surface area contributed by atoms with Gasteiger partial charge in [-0.05, 0) is 43.9 Å². The van der Waals surface area contributed by atoms with Crippen LogP contribution in [0.1, 0.15) is 38.2 Å². The van der Waals surface area contributed by atoms with Crippen molar-refractivity contribution in [3.63, 3.8) is 0 Å². The van der Waals surface area contributed by atoms with E-state index in [9.17, 15) is 0 Å². The third-order valence-corrected chi connectivity index (χ3v) is 4.16. The fourth-order valence-electron chi connectivity index (χ4n) is 2.76. The average Bonchev–Trinajstić information content (AvgIpc) is 2.90. The van der Waals surface area contributed by atoms with Gasteiger partial charge in [-0.2, -0.15) is 0 Å². The lowest BCUT2D eigenvalue weighted by Crippen LogP contribution is -2.23. The molecule has 4 nitrogen and oxygen atoms in total. The van der Waals surface area contributed by atoms with Crippen molar-refractivity contribution in [2.24, 2.45) is 5.92 Å². The molecule has 3 rings (SSSR count). The van der Waals surface area contributed by atoms with Crippen molar-refractivity contribution >= 4 is 5.69 Å². The van der Waals surface area contributed by atoms with Gasteiger partial charge in [0, 0.05) is 17.3 Å². The third-order valence-electron chi connectivity index (χ3n) is 4.16. The molecule has 0 saturated heterocycles. The third kappa shape index (κ3) is 2.84. The molecule has 0 amide bonds. The van der Waals surface area contributed by atoms with Gasteiger partial charge in [-0.1, -0.05) is 25.3 Å². The molecule has 1 fully saturated rings. The molecule has 1 atom stereocenters. The van der Waals surface area contributed by atoms with Crippen LogP contribution in [0.15, 0.2) is 29.0 Å². The van der Waals surface area contributed by atoms with Crippen LogP contribution < -0.4 is 5.32 Å². The van der Waals surface area contributed by atoms with Gasteiger partial charge >= 0.3 is 0 Å². The molecule has 0 bridgehead atoms. The van der Waals surface area contributed by atoms with Crippen LogP contribution in [0.25, 0.3) is 11.5 Å². The summed E-state index contributed by atoms with van der Waals surface area (Å²) in [5.41, 5.74) is 3.37. The topological polar surface area (TPSA) is 51.0 Å². The second-order valence-electron chi connectivity index (χ2n) is 5.85. The van der Waals surface area contributed by atoms with E-state index in [1.54, 1.807) is 0 Å². The number of anilines is 1. The van der Waals surface area contributed by atoms with Gasteiger partial charge in [-0.15, -0.1) is 10.2 Å². The molecule has 1 aliphatic rings. The summed E-state index contributed by atoms with van der Waals surface area (Å²) in [7, 11) is 0. The van der Waals surface area contributed by atoms with Crippen LogP contribution in [0, 0.1) is 12.8 Å². The van der Waals surface area contributed by atoms with Crippen molar-refractivity contribution in [1.82, 2.24) is 10.2 Å². The first-order chi connectivity index (χ1) is 9.72. The SMILES string of the molecule is Cc1ccc(-c2nnco2)cc1NC(C)CC1CCC1. The van der Waals surface area contributed by atoms with Crippen molar-refractivity contribution in [2.45, 2.75) is 45.6 Å². The molecule has 20 heavy (non-hydrogen) atoms. The number of aromatic nitrogens is 2. The molecule has 1 heterocycles. The second-order valence-corrected chi connectivity index (χ2v) is 5.85. The molecule has 1 aromatic heterocycles. The maximum atomic E-state index is 5.26. The number of rotatable bonds is 5. The minimum atomic E-state index is 0.497. The van der Waals surface area contributed by atoms with Crippen LogP contribution >= 0.6 is 0 Å². The van der Waals surface area contributed by atoms with E-state index in [4.69, 9.17) is 4.42 Å². The molecule has 1 aromatic carbocycles. The quantitative estimate of drug-likeness (QED) is 0.891. The number of nitrogens with one attached hydrogen (secondary N) is 1. The molecule has 4 heteroatoms. The van der Waals surface area contributed by atoms with Crippen LogP contribution in [-0.2, 0) is 0 Å². The lowest BCUT2D eigenvalue weighted by Gasteiger charge is -2.29. The molecule has 1 saturated carbocycles. The highest BCUT2D eigenvalue weighted by molar-refractivity contribution is 5.64. The minimum absolute atomic E-state index is 0.497. The molecule has 0 spiro atoms. The summed E-state index contributed by atoms with van der Waals surface area (Å²) in [4.78, 5) is 0. The predicted molar refractivity (Wildman–Crippen MR) is 79.5 cm³/mol. The predicted octanol–water partition coefficient (Wildman–Crippen LogP) is 4.04. The summed E-state index contributed by atoms with van der Waals surface area (Å²) in [6.45, 7) is 4.38. The van der Waals surface area contributed by atoms with Crippen molar-refractivity contribution in [3.8, 4) is 11.5 Å². The van der Waals surface area contributed by atoms with E-state index in [1.165, 1.54) is 37.6 Å². The summed E-state index contributed by atoms with van der Waals surface area (Å²) in [5.74, 6) is 1.48. The Morgan fingerprint density at radius 1 is 1.40 bits per heavy atom. The van der Waals surface area contributed by atoms with Crippen LogP contribution in [0.3, 0.4) is 0 Å². The first-order valence-electron chi connectivity index (χ1n) is 7.36. The number of nitrogens with zero attached hydrogens (tertiary/aromatic N) is 2. The average molecular weight is 271 g/mol. The van der Waals surface area contributed by atoms with E-state index in [2.05, 4.69) is 41.5 Å². The van der Waals surface area contributed by atoms with Gasteiger partial charge in [0.25, 0.3) is 0 Å². The van der Waals surface area contributed by atoms with Crippen molar-refractivity contribution in [3.05, 3.63) is 30.2 Å². The van der Waals surface area contributed by atoms with Crippen LogP contribution in [-0.4, -0.2) is 16.2 Å². The molecule has 2 aromatic rings. The highest BCUT2D eigenvalue weighted by Crippen LogP contribution is 2.32. The summed E-state index contributed by atoms with van der Waals surface area (Å²) < 4.78 is 5.26. The molecule has 106 valence electrons. The van der Waals surface area contributed by atoms with Gasteiger partial charge in [0.05, 0.1) is 0 Å². The standard InChI is InChI=1S/C16H21N3O/c1-11-6-7-14(16-19-17-10-20-16)9-15(11)18-12(2)8-13-4-3-5-13/h6-7,9-10,12-13,18H,3-5,8H2,1-2H3. The number of hydrogen-bond donors (Lipinski definition) is 1. The van der Waals surface area contributed by atoms with Gasteiger partial charge in [0.1, 0.15) is 0 Å². The zero-order valence-corrected chi connectivity index (χ0v) is 12.1. The first kappa shape index (κ1) is 13.2. The van der Waals surface area contributed by atoms with Crippen molar-refractivity contribution in [1.29, 1.82) is 0 Å². The highest BCUT2D eigenvalue weighted by Gasteiger charge is 2.20. The monoisotopic (exact) mass is 271 g/mol. The van der Waals surface area contributed by atoms with Gasteiger partial charge in [-0.3, -0.25) is 0 Å². The molecule has 0 aliphatic heterocycles. The Hall–Kier alpha value is -1.84. The Kier molecular flexibility index (Phi) is 3.72. The zero-order chi connectivity index (χ0) is 13.9. The molecule has 1 aliphatic carbocycles. The molecular formula is C16H21N3O. The normalized spacial score (nSPS) is 16.7. The molecule has 0 radical (unpaired) electrons. The summed E-state index contributed by atoms with van der Waals surface area (Å²) in [6, 6.07) is 6.71. The molecule has 1 unspecified atom stereocenters. The summed E-state index contributed by atoms with van der Waals surface area (Å²) in [6.07, 6.45) is 6.81. The van der Waals surface area contributed by atoms with E-state index in [0.29, 0.717) is 11.9 Å². The van der Waals surface area contributed by atoms with Crippen LogP contribution in [0.2, 0.25) is 0 Å². The van der Waals surface area contributed by atoms with E-state index >= 15 is 0 Å². The van der Waals surface area contributed by atoms with E-state index in [1.807, 2.05) is 6.07 Å². The van der Waals surface area contributed by atoms with E-state index in [-0.39, 0.29) is 0 Å². The molecule has 1 N–H and O–H groups in total. The Morgan fingerprint density at radius 3 is 2.90 bits per heavy atom. The van der Waals surface area contributed by atoms with Gasteiger partial charge in [-0.25, -0.2) is 0 Å². The lowest BCUT2D eigenvalue weighted by molar-refractivity contribution is 0.286. The number of hydrogen-bond acceptors (Lipinski definition) is 4. The number of benzene rings is 1. The number of aryl methyl sites for hydroxylation is 1. The Morgan fingerprint density at radius 2 is 2.25 bits per heavy atom. The Labute approximate surface area is 119 Å². The largest absolute Gasteiger partial charge is 0.423 e. The maximum Gasteiger partial charge on any atom is 0.247 e. The Bertz CT molecular complexity index is 561. The lowest BCUT2D eigenvalue weighted by atomic mass is 9.81. The van der Waals surface area contributed by atoms with Crippen molar-refractivity contribution in [2.75, 3.05) is 5.32 Å². The van der Waals surface area contributed by atoms with Gasteiger partial charge in [0.15, 0.2) is 0 Å². The van der Waals surface area contributed by atoms with Gasteiger partial charge < -0.3 is 9.73 Å². The Balaban J connectivity index is 1.72. The first-order valence-corrected chi connectivity index (χ1v) is 7.36. The summed E-state index contributed by atoms with van der Waals surface area (Å²) >= 11 is 0. The van der Waals surface area contributed by atoms with Crippen molar-refractivity contribution < 1.29 is 4.42 Å². The maximum absolute atomic E-state index is 5.26. The second kappa shape index (κ2) is 5.65. The zero-order valence-electron chi connectivity index (χ0n) is 12.1. The van der Waals surface area contributed by atoms with Gasteiger partial charge in [0.2, 0.25) is 12.3 Å². The fraction of sp³-hybridized carbons (Fsp3) is 0.500. The van der Waals surface area contributed by atoms with Crippen LogP contribution in [0.5, 0.6) is 0 Å². The smallest absolute Gasteiger partial charge is 0.247 e. The van der Waals surface area contributed by atoms with Crippen LogP contribution in [0.4, 0.5) is 5.69 Å². The molecular weight excluding hydrogens is 250 g/mol. The summed E-state index contributed by atoms with van der Waals surface area (Å²) in [5, 5.41) is 11.3. The fourth-order valence-corrected chi connectivity index (χ4v) is 2.76. The van der Waals surface area contributed by atoms with E-state index < -0.39 is 0 Å². The highest BCUT2D eigenvalue weighted by atomic mass is 16.4.